The maximum Gasteiger partial charge on any atom is 0.239 e. The number of carbonyl (C=O) groups excluding carboxylic acids is 1. The van der Waals surface area contributed by atoms with Gasteiger partial charge >= 0.3 is 0 Å². The van der Waals surface area contributed by atoms with Gasteiger partial charge in [-0.15, -0.1) is 0 Å². The summed E-state index contributed by atoms with van der Waals surface area (Å²) in [7, 11) is 0. The summed E-state index contributed by atoms with van der Waals surface area (Å²) in [5, 5.41) is 0. The molecule has 1 amide bonds. The molecule has 1 saturated heterocycles. The summed E-state index contributed by atoms with van der Waals surface area (Å²) in [6.07, 6.45) is 2.23. The zero-order valence-corrected chi connectivity index (χ0v) is 8.88. The Balaban J connectivity index is 2.46. The number of rotatable bonds is 1. The minimum Gasteiger partial charge on any atom is -0.340 e. The van der Waals surface area contributed by atoms with Crippen LogP contribution in [-0.2, 0) is 4.79 Å². The molecule has 0 radical (unpaired) electrons. The number of likely N-dealkylation sites (tertiary alicyclic amines) is 1. The van der Waals surface area contributed by atoms with Gasteiger partial charge in [0.2, 0.25) is 5.91 Å². The van der Waals surface area contributed by atoms with E-state index in [-0.39, 0.29) is 11.9 Å². The lowest BCUT2D eigenvalue weighted by Gasteiger charge is -2.31. The Morgan fingerprint density at radius 1 is 1.75 bits per heavy atom. The van der Waals surface area contributed by atoms with Crippen molar-refractivity contribution in [3.63, 3.8) is 0 Å². The van der Waals surface area contributed by atoms with Crippen LogP contribution in [0.5, 0.6) is 0 Å². The van der Waals surface area contributed by atoms with Crippen molar-refractivity contribution in [3.05, 3.63) is 0 Å². The topological polar surface area (TPSA) is 46.3 Å². The highest BCUT2D eigenvalue weighted by atomic mass is 79.9. The number of nitrogens with zero attached hydrogens (tertiary/aromatic N) is 1. The van der Waals surface area contributed by atoms with Gasteiger partial charge in [-0.3, -0.25) is 4.79 Å². The average molecular weight is 235 g/mol. The van der Waals surface area contributed by atoms with Gasteiger partial charge in [-0.05, 0) is 19.8 Å². The van der Waals surface area contributed by atoms with Crippen molar-refractivity contribution < 1.29 is 4.79 Å². The van der Waals surface area contributed by atoms with Crippen LogP contribution in [0.1, 0.15) is 19.8 Å². The maximum atomic E-state index is 11.4. The van der Waals surface area contributed by atoms with Crippen LogP contribution in [0.4, 0.5) is 0 Å². The molecule has 0 spiro atoms. The molecule has 2 atom stereocenters. The van der Waals surface area contributed by atoms with E-state index in [0.29, 0.717) is 4.83 Å². The third-order valence-electron chi connectivity index (χ3n) is 2.07. The van der Waals surface area contributed by atoms with Gasteiger partial charge in [0.1, 0.15) is 0 Å². The summed E-state index contributed by atoms with van der Waals surface area (Å²) in [6, 6.07) is -0.359. The van der Waals surface area contributed by atoms with E-state index in [4.69, 9.17) is 5.73 Å². The zero-order valence-electron chi connectivity index (χ0n) is 7.29. The van der Waals surface area contributed by atoms with Gasteiger partial charge in [0, 0.05) is 17.9 Å². The van der Waals surface area contributed by atoms with E-state index in [9.17, 15) is 4.79 Å². The van der Waals surface area contributed by atoms with E-state index in [1.165, 1.54) is 0 Å². The molecule has 4 heteroatoms. The first kappa shape index (κ1) is 9.99. The molecule has 70 valence electrons. The normalized spacial score (nSPS) is 26.9. The number of alkyl halides is 1. The Bertz CT molecular complexity index is 172. The fourth-order valence-electron chi connectivity index (χ4n) is 1.41. The van der Waals surface area contributed by atoms with Crippen LogP contribution in [0.2, 0.25) is 0 Å². The fourth-order valence-corrected chi connectivity index (χ4v) is 2.09. The van der Waals surface area contributed by atoms with E-state index in [0.717, 1.165) is 25.9 Å². The molecule has 12 heavy (non-hydrogen) atoms. The van der Waals surface area contributed by atoms with E-state index in [2.05, 4.69) is 15.9 Å². The maximum absolute atomic E-state index is 11.4. The van der Waals surface area contributed by atoms with Crippen LogP contribution in [0, 0.1) is 0 Å². The first-order valence-electron chi connectivity index (χ1n) is 4.29. The van der Waals surface area contributed by atoms with Crippen LogP contribution in [0.25, 0.3) is 0 Å². The number of hydrogen-bond acceptors (Lipinski definition) is 2. The van der Waals surface area contributed by atoms with Crippen molar-refractivity contribution in [2.24, 2.45) is 5.73 Å². The Kier molecular flexibility index (Phi) is 3.53. The Morgan fingerprint density at radius 3 is 2.92 bits per heavy atom. The molecule has 0 aliphatic carbocycles. The minimum absolute atomic E-state index is 0.0687. The molecule has 1 fully saturated rings. The molecule has 0 aromatic carbocycles. The quantitative estimate of drug-likeness (QED) is 0.680. The van der Waals surface area contributed by atoms with E-state index in [1.807, 2.05) is 4.90 Å². The smallest absolute Gasteiger partial charge is 0.239 e. The number of carbonyl (C=O) groups is 1. The molecular formula is C8H15BrN2O. The molecule has 1 rings (SSSR count). The lowest BCUT2D eigenvalue weighted by Crippen LogP contribution is -2.47. The van der Waals surface area contributed by atoms with Gasteiger partial charge in [-0.1, -0.05) is 15.9 Å². The third kappa shape index (κ3) is 2.45. The second kappa shape index (κ2) is 4.23. The van der Waals surface area contributed by atoms with Gasteiger partial charge in [0.15, 0.2) is 0 Å². The molecule has 0 bridgehead atoms. The van der Waals surface area contributed by atoms with Gasteiger partial charge < -0.3 is 10.6 Å². The highest BCUT2D eigenvalue weighted by Gasteiger charge is 2.23. The molecule has 1 aliphatic heterocycles. The Labute approximate surface area is 81.4 Å². The lowest BCUT2D eigenvalue weighted by atomic mass is 10.1. The predicted molar refractivity (Wildman–Crippen MR) is 52.2 cm³/mol. The number of amides is 1. The van der Waals surface area contributed by atoms with Crippen molar-refractivity contribution in [1.82, 2.24) is 4.90 Å². The summed E-state index contributed by atoms with van der Waals surface area (Å²) in [5.74, 6) is 0.0687. The number of nitrogens with two attached hydrogens (primary N) is 1. The molecule has 2 N–H and O–H groups in total. The Hall–Kier alpha value is -0.0900. The third-order valence-corrected chi connectivity index (χ3v) is 2.81. The van der Waals surface area contributed by atoms with Crippen LogP contribution in [0.3, 0.4) is 0 Å². The minimum atomic E-state index is -0.359. The van der Waals surface area contributed by atoms with E-state index < -0.39 is 0 Å². The molecule has 1 heterocycles. The summed E-state index contributed by atoms with van der Waals surface area (Å²) in [4.78, 5) is 13.7. The molecule has 0 unspecified atom stereocenters. The van der Waals surface area contributed by atoms with Crippen molar-refractivity contribution in [2.75, 3.05) is 13.1 Å². The van der Waals surface area contributed by atoms with Crippen molar-refractivity contribution >= 4 is 21.8 Å². The van der Waals surface area contributed by atoms with Crippen molar-refractivity contribution in [2.45, 2.75) is 30.6 Å². The summed E-state index contributed by atoms with van der Waals surface area (Å²) in [5.41, 5.74) is 5.51. The average Bonchev–Trinajstić information content (AvgIpc) is 2.03. The number of halogens is 1. The molecule has 3 nitrogen and oxygen atoms in total. The van der Waals surface area contributed by atoms with E-state index in [1.54, 1.807) is 6.92 Å². The SMILES string of the molecule is C[C@H](N)C(=O)N1CCC[C@H](Br)C1. The lowest BCUT2D eigenvalue weighted by molar-refractivity contribution is -0.132. The molecule has 0 aromatic heterocycles. The van der Waals surface area contributed by atoms with Gasteiger partial charge in [-0.2, -0.15) is 0 Å². The standard InChI is InChI=1S/C8H15BrN2O/c1-6(10)8(12)11-4-2-3-7(9)5-11/h6-7H,2-5,10H2,1H3/t6-,7-/m0/s1. The van der Waals surface area contributed by atoms with Gasteiger partial charge in [0.25, 0.3) is 0 Å². The second-order valence-electron chi connectivity index (χ2n) is 3.31. The van der Waals surface area contributed by atoms with Gasteiger partial charge in [-0.25, -0.2) is 0 Å². The highest BCUT2D eigenvalue weighted by molar-refractivity contribution is 9.09. The van der Waals surface area contributed by atoms with E-state index >= 15 is 0 Å². The summed E-state index contributed by atoms with van der Waals surface area (Å²) in [6.45, 7) is 3.41. The fraction of sp³-hybridized carbons (Fsp3) is 0.875. The molecule has 0 aromatic rings. The highest BCUT2D eigenvalue weighted by Crippen LogP contribution is 2.16. The summed E-state index contributed by atoms with van der Waals surface area (Å²) < 4.78 is 0. The zero-order chi connectivity index (χ0) is 9.14. The predicted octanol–water partition coefficient (Wildman–Crippen LogP) is 0.719. The van der Waals surface area contributed by atoms with Crippen LogP contribution < -0.4 is 5.73 Å². The summed E-state index contributed by atoms with van der Waals surface area (Å²) >= 11 is 3.51. The molecule has 1 aliphatic rings. The van der Waals surface area contributed by atoms with Gasteiger partial charge in [0.05, 0.1) is 6.04 Å². The van der Waals surface area contributed by atoms with Crippen LogP contribution in [-0.4, -0.2) is 34.8 Å². The molecular weight excluding hydrogens is 220 g/mol. The Morgan fingerprint density at radius 2 is 2.42 bits per heavy atom. The number of piperidine rings is 1. The van der Waals surface area contributed by atoms with Crippen LogP contribution >= 0.6 is 15.9 Å². The molecule has 0 saturated carbocycles. The number of hydrogen-bond donors (Lipinski definition) is 1. The monoisotopic (exact) mass is 234 g/mol. The second-order valence-corrected chi connectivity index (χ2v) is 4.61. The first-order chi connectivity index (χ1) is 5.61. The first-order valence-corrected chi connectivity index (χ1v) is 5.21. The van der Waals surface area contributed by atoms with Crippen molar-refractivity contribution in [3.8, 4) is 0 Å². The van der Waals surface area contributed by atoms with Crippen LogP contribution in [0.15, 0.2) is 0 Å². The largest absolute Gasteiger partial charge is 0.340 e. The van der Waals surface area contributed by atoms with Crippen molar-refractivity contribution in [1.29, 1.82) is 0 Å².